The molecule has 152 valence electrons. The molecule has 1 aliphatic heterocycles. The number of rotatable bonds is 6. The lowest BCUT2D eigenvalue weighted by Gasteiger charge is -2.34. The standard InChI is InChI=1S/C21H32N6O/c1-16-7-5-9-20(11-16)28-17(2)12-23-21(22-3)25-18-8-6-10-27(14-18)19-13-24-26(4)15-19/h5,7,9,11,13,15,17-18H,6,8,10,12,14H2,1-4H3,(H2,22,23,25). The second kappa shape index (κ2) is 9.48. The zero-order valence-electron chi connectivity index (χ0n) is 17.4. The lowest BCUT2D eigenvalue weighted by Crippen LogP contribution is -2.52. The summed E-state index contributed by atoms with van der Waals surface area (Å²) in [6, 6.07) is 8.49. The maximum absolute atomic E-state index is 5.99. The number of nitrogens with one attached hydrogen (secondary N) is 2. The van der Waals surface area contributed by atoms with Gasteiger partial charge in [-0.2, -0.15) is 5.10 Å². The topological polar surface area (TPSA) is 66.7 Å². The fourth-order valence-electron chi connectivity index (χ4n) is 3.49. The lowest BCUT2D eigenvalue weighted by atomic mass is 10.1. The van der Waals surface area contributed by atoms with Crippen molar-refractivity contribution in [1.29, 1.82) is 0 Å². The van der Waals surface area contributed by atoms with Gasteiger partial charge in [0.25, 0.3) is 0 Å². The van der Waals surface area contributed by atoms with Crippen molar-refractivity contribution in [3.63, 3.8) is 0 Å². The predicted molar refractivity (Wildman–Crippen MR) is 114 cm³/mol. The SMILES string of the molecule is CN=C(NCC(C)Oc1cccc(C)c1)NC1CCCN(c2cnn(C)c2)C1. The van der Waals surface area contributed by atoms with E-state index in [2.05, 4.69) is 57.8 Å². The summed E-state index contributed by atoms with van der Waals surface area (Å²) in [5.41, 5.74) is 2.38. The Bertz CT molecular complexity index is 787. The van der Waals surface area contributed by atoms with Crippen LogP contribution in [0.2, 0.25) is 0 Å². The number of aliphatic imine (C=N–C) groups is 1. The van der Waals surface area contributed by atoms with Crippen LogP contribution in [0.5, 0.6) is 5.75 Å². The number of piperidine rings is 1. The average molecular weight is 385 g/mol. The molecule has 28 heavy (non-hydrogen) atoms. The third-order valence-electron chi connectivity index (χ3n) is 4.93. The van der Waals surface area contributed by atoms with Crippen LogP contribution in [-0.2, 0) is 7.05 Å². The molecule has 0 radical (unpaired) electrons. The summed E-state index contributed by atoms with van der Waals surface area (Å²) in [4.78, 5) is 6.76. The fourth-order valence-corrected chi connectivity index (χ4v) is 3.49. The van der Waals surface area contributed by atoms with Gasteiger partial charge in [0.2, 0.25) is 0 Å². The number of nitrogens with zero attached hydrogens (tertiary/aromatic N) is 4. The monoisotopic (exact) mass is 384 g/mol. The van der Waals surface area contributed by atoms with Gasteiger partial charge in [0.1, 0.15) is 11.9 Å². The van der Waals surface area contributed by atoms with Crippen LogP contribution < -0.4 is 20.3 Å². The van der Waals surface area contributed by atoms with Crippen molar-refractivity contribution in [2.24, 2.45) is 12.0 Å². The molecule has 1 fully saturated rings. The molecular weight excluding hydrogens is 352 g/mol. The summed E-state index contributed by atoms with van der Waals surface area (Å²) in [5.74, 6) is 1.72. The van der Waals surface area contributed by atoms with Gasteiger partial charge in [-0.15, -0.1) is 0 Å². The van der Waals surface area contributed by atoms with Crippen LogP contribution in [0.25, 0.3) is 0 Å². The Morgan fingerprint density at radius 1 is 1.43 bits per heavy atom. The van der Waals surface area contributed by atoms with Crippen LogP contribution in [0.4, 0.5) is 5.69 Å². The normalized spacial score (nSPS) is 18.6. The minimum Gasteiger partial charge on any atom is -0.489 e. The van der Waals surface area contributed by atoms with Gasteiger partial charge in [0.05, 0.1) is 18.4 Å². The van der Waals surface area contributed by atoms with Gasteiger partial charge in [0, 0.05) is 39.4 Å². The maximum atomic E-state index is 5.99. The van der Waals surface area contributed by atoms with E-state index in [1.54, 1.807) is 0 Å². The summed E-state index contributed by atoms with van der Waals surface area (Å²) in [6.45, 7) is 6.83. The smallest absolute Gasteiger partial charge is 0.191 e. The van der Waals surface area contributed by atoms with E-state index in [9.17, 15) is 0 Å². The second-order valence-electron chi connectivity index (χ2n) is 7.50. The minimum atomic E-state index is 0.0404. The Kier molecular flexibility index (Phi) is 6.79. The molecule has 7 nitrogen and oxygen atoms in total. The number of guanidine groups is 1. The van der Waals surface area contributed by atoms with Crippen molar-refractivity contribution in [1.82, 2.24) is 20.4 Å². The second-order valence-corrected chi connectivity index (χ2v) is 7.50. The number of aryl methyl sites for hydroxylation is 2. The van der Waals surface area contributed by atoms with Gasteiger partial charge in [-0.3, -0.25) is 9.67 Å². The number of hydrogen-bond donors (Lipinski definition) is 2. The van der Waals surface area contributed by atoms with Crippen LogP contribution in [0.3, 0.4) is 0 Å². The highest BCUT2D eigenvalue weighted by molar-refractivity contribution is 5.80. The predicted octanol–water partition coefficient (Wildman–Crippen LogP) is 2.33. The van der Waals surface area contributed by atoms with Crippen molar-refractivity contribution >= 4 is 11.6 Å². The van der Waals surface area contributed by atoms with Gasteiger partial charge in [0.15, 0.2) is 5.96 Å². The van der Waals surface area contributed by atoms with E-state index >= 15 is 0 Å². The van der Waals surface area contributed by atoms with Gasteiger partial charge in [-0.25, -0.2) is 0 Å². The van der Waals surface area contributed by atoms with E-state index in [-0.39, 0.29) is 6.10 Å². The van der Waals surface area contributed by atoms with Gasteiger partial charge in [-0.1, -0.05) is 12.1 Å². The zero-order valence-corrected chi connectivity index (χ0v) is 17.4. The largest absolute Gasteiger partial charge is 0.489 e. The minimum absolute atomic E-state index is 0.0404. The fraction of sp³-hybridized carbons (Fsp3) is 0.524. The van der Waals surface area contributed by atoms with Crippen LogP contribution in [0.15, 0.2) is 41.7 Å². The molecule has 1 aromatic heterocycles. The van der Waals surface area contributed by atoms with E-state index in [0.717, 1.165) is 37.6 Å². The van der Waals surface area contributed by atoms with Crippen LogP contribution in [0.1, 0.15) is 25.3 Å². The lowest BCUT2D eigenvalue weighted by molar-refractivity contribution is 0.223. The third-order valence-corrected chi connectivity index (χ3v) is 4.93. The summed E-state index contributed by atoms with van der Waals surface area (Å²) < 4.78 is 7.84. The highest BCUT2D eigenvalue weighted by Crippen LogP contribution is 2.19. The summed E-state index contributed by atoms with van der Waals surface area (Å²) in [6.07, 6.45) is 6.32. The molecule has 2 heterocycles. The van der Waals surface area contributed by atoms with E-state index in [4.69, 9.17) is 4.74 Å². The molecule has 1 saturated heterocycles. The maximum Gasteiger partial charge on any atom is 0.191 e. The zero-order chi connectivity index (χ0) is 19.9. The number of ether oxygens (including phenoxy) is 1. The Balaban J connectivity index is 1.47. The Morgan fingerprint density at radius 2 is 2.29 bits per heavy atom. The average Bonchev–Trinajstić information content (AvgIpc) is 3.12. The van der Waals surface area contributed by atoms with Crippen LogP contribution >= 0.6 is 0 Å². The molecular formula is C21H32N6O. The molecule has 1 aliphatic rings. The molecule has 2 N–H and O–H groups in total. The molecule has 7 heteroatoms. The Hall–Kier alpha value is -2.70. The molecule has 1 aromatic carbocycles. The first-order valence-electron chi connectivity index (χ1n) is 9.97. The molecule has 2 aromatic rings. The van der Waals surface area contributed by atoms with E-state index in [1.807, 2.05) is 37.1 Å². The molecule has 0 amide bonds. The van der Waals surface area contributed by atoms with E-state index < -0.39 is 0 Å². The molecule has 0 spiro atoms. The van der Waals surface area contributed by atoms with Crippen molar-refractivity contribution in [2.75, 3.05) is 31.6 Å². The van der Waals surface area contributed by atoms with Crippen molar-refractivity contribution in [2.45, 2.75) is 38.8 Å². The van der Waals surface area contributed by atoms with Crippen molar-refractivity contribution < 1.29 is 4.74 Å². The number of benzene rings is 1. The highest BCUT2D eigenvalue weighted by Gasteiger charge is 2.22. The highest BCUT2D eigenvalue weighted by atomic mass is 16.5. The molecule has 2 atom stereocenters. The quantitative estimate of drug-likeness (QED) is 0.591. The van der Waals surface area contributed by atoms with E-state index in [0.29, 0.717) is 12.6 Å². The summed E-state index contributed by atoms with van der Waals surface area (Å²) in [5, 5.41) is 11.2. The molecule has 3 rings (SSSR count). The first-order valence-corrected chi connectivity index (χ1v) is 9.97. The van der Waals surface area contributed by atoms with Crippen molar-refractivity contribution in [3.8, 4) is 5.75 Å². The molecule has 0 saturated carbocycles. The van der Waals surface area contributed by atoms with Gasteiger partial charge >= 0.3 is 0 Å². The molecule has 0 aliphatic carbocycles. The number of anilines is 1. The van der Waals surface area contributed by atoms with Gasteiger partial charge < -0.3 is 20.3 Å². The number of hydrogen-bond acceptors (Lipinski definition) is 4. The third kappa shape index (κ3) is 5.65. The van der Waals surface area contributed by atoms with Gasteiger partial charge in [-0.05, 0) is 44.4 Å². The molecule has 0 bridgehead atoms. The van der Waals surface area contributed by atoms with Crippen LogP contribution in [-0.4, -0.2) is 54.6 Å². The number of aromatic nitrogens is 2. The first-order chi connectivity index (χ1) is 13.5. The Morgan fingerprint density at radius 3 is 3.00 bits per heavy atom. The van der Waals surface area contributed by atoms with Crippen LogP contribution in [0, 0.1) is 6.92 Å². The summed E-state index contributed by atoms with van der Waals surface area (Å²) >= 11 is 0. The summed E-state index contributed by atoms with van der Waals surface area (Å²) in [7, 11) is 3.76. The van der Waals surface area contributed by atoms with Crippen molar-refractivity contribution in [3.05, 3.63) is 42.2 Å². The van der Waals surface area contributed by atoms with E-state index in [1.165, 1.54) is 11.3 Å². The molecule has 2 unspecified atom stereocenters. The first kappa shape index (κ1) is 20.0. The Labute approximate surface area is 167 Å².